The maximum atomic E-state index is 12.5. The van der Waals surface area contributed by atoms with E-state index < -0.39 is 6.17 Å². The lowest BCUT2D eigenvalue weighted by Gasteiger charge is -2.05. The molecule has 60 valence electrons. The fraction of sp³-hybridized carbons (Fsp3) is 0.833. The molecule has 1 atom stereocenters. The fourth-order valence-electron chi connectivity index (χ4n) is 0.558. The summed E-state index contributed by atoms with van der Waals surface area (Å²) in [5.74, 6) is 0. The van der Waals surface area contributed by atoms with Crippen molar-refractivity contribution in [3.05, 3.63) is 0 Å². The third-order valence-electron chi connectivity index (χ3n) is 0.995. The predicted octanol–water partition coefficient (Wildman–Crippen LogP) is -0.208. The lowest BCUT2D eigenvalue weighted by Crippen LogP contribution is -2.32. The molecule has 0 amide bonds. The minimum Gasteiger partial charge on any atom is -0.308 e. The molecule has 0 spiro atoms. The van der Waals surface area contributed by atoms with Crippen molar-refractivity contribution < 1.29 is 4.39 Å². The second-order valence-electron chi connectivity index (χ2n) is 1.99. The standard InChI is InChI=1S/C6H14FN3/c1-8-3-6(7)4-10-5-9-2/h6,9-10H,1,3-5H2,2H3. The number of alkyl halides is 1. The van der Waals surface area contributed by atoms with E-state index in [4.69, 9.17) is 0 Å². The summed E-state index contributed by atoms with van der Waals surface area (Å²) in [5, 5.41) is 5.69. The van der Waals surface area contributed by atoms with Crippen molar-refractivity contribution in [1.82, 2.24) is 10.6 Å². The Morgan fingerprint density at radius 3 is 2.90 bits per heavy atom. The molecule has 0 rings (SSSR count). The average Bonchev–Trinajstić information content (AvgIpc) is 1.89. The third-order valence-corrected chi connectivity index (χ3v) is 0.995. The zero-order valence-corrected chi connectivity index (χ0v) is 6.23. The minimum atomic E-state index is -0.911. The predicted molar refractivity (Wildman–Crippen MR) is 41.2 cm³/mol. The lowest BCUT2D eigenvalue weighted by molar-refractivity contribution is 0.326. The van der Waals surface area contributed by atoms with Crippen LogP contribution in [-0.4, -0.2) is 39.7 Å². The van der Waals surface area contributed by atoms with Crippen LogP contribution in [-0.2, 0) is 0 Å². The maximum Gasteiger partial charge on any atom is 0.132 e. The van der Waals surface area contributed by atoms with Crippen LogP contribution >= 0.6 is 0 Å². The van der Waals surface area contributed by atoms with Crippen molar-refractivity contribution in [2.75, 3.05) is 26.8 Å². The first-order valence-corrected chi connectivity index (χ1v) is 3.23. The van der Waals surface area contributed by atoms with Crippen LogP contribution in [0.2, 0.25) is 0 Å². The van der Waals surface area contributed by atoms with Crippen LogP contribution in [0.3, 0.4) is 0 Å². The smallest absolute Gasteiger partial charge is 0.132 e. The van der Waals surface area contributed by atoms with Crippen molar-refractivity contribution in [1.29, 1.82) is 0 Å². The number of nitrogens with one attached hydrogen (secondary N) is 2. The molecule has 0 saturated carbocycles. The van der Waals surface area contributed by atoms with E-state index in [9.17, 15) is 4.39 Å². The fourth-order valence-corrected chi connectivity index (χ4v) is 0.558. The molecule has 0 aromatic rings. The van der Waals surface area contributed by atoms with Gasteiger partial charge in [0.15, 0.2) is 0 Å². The Balaban J connectivity index is 3.04. The van der Waals surface area contributed by atoms with Gasteiger partial charge in [-0.3, -0.25) is 4.99 Å². The minimum absolute atomic E-state index is 0.177. The topological polar surface area (TPSA) is 36.4 Å². The number of hydrogen-bond acceptors (Lipinski definition) is 3. The molecule has 0 aromatic heterocycles. The molecular weight excluding hydrogens is 133 g/mol. The Bertz CT molecular complexity index is 87.1. The monoisotopic (exact) mass is 147 g/mol. The summed E-state index contributed by atoms with van der Waals surface area (Å²) < 4.78 is 12.5. The van der Waals surface area contributed by atoms with Gasteiger partial charge in [-0.25, -0.2) is 4.39 Å². The molecular formula is C6H14FN3. The average molecular weight is 147 g/mol. The van der Waals surface area contributed by atoms with Crippen LogP contribution in [0.25, 0.3) is 0 Å². The van der Waals surface area contributed by atoms with Crippen molar-refractivity contribution in [3.63, 3.8) is 0 Å². The van der Waals surface area contributed by atoms with Crippen LogP contribution in [0, 0.1) is 0 Å². The molecule has 0 saturated heterocycles. The molecule has 2 N–H and O–H groups in total. The molecule has 0 aromatic carbocycles. The first-order valence-electron chi connectivity index (χ1n) is 3.23. The zero-order valence-electron chi connectivity index (χ0n) is 6.23. The van der Waals surface area contributed by atoms with E-state index >= 15 is 0 Å². The molecule has 0 aliphatic rings. The van der Waals surface area contributed by atoms with Crippen molar-refractivity contribution >= 4 is 6.72 Å². The Morgan fingerprint density at radius 2 is 2.40 bits per heavy atom. The summed E-state index contributed by atoms with van der Waals surface area (Å²) in [6, 6.07) is 0. The summed E-state index contributed by atoms with van der Waals surface area (Å²) in [7, 11) is 1.80. The molecule has 4 heteroatoms. The molecule has 3 nitrogen and oxygen atoms in total. The Hall–Kier alpha value is -0.480. The molecule has 10 heavy (non-hydrogen) atoms. The van der Waals surface area contributed by atoms with Gasteiger partial charge in [0.2, 0.25) is 0 Å². The summed E-state index contributed by atoms with van der Waals surface area (Å²) in [5.41, 5.74) is 0. The van der Waals surface area contributed by atoms with Crippen LogP contribution in [0.1, 0.15) is 0 Å². The van der Waals surface area contributed by atoms with E-state index in [2.05, 4.69) is 22.3 Å². The lowest BCUT2D eigenvalue weighted by atomic mass is 10.4. The largest absolute Gasteiger partial charge is 0.308 e. The maximum absolute atomic E-state index is 12.5. The van der Waals surface area contributed by atoms with E-state index in [1.165, 1.54) is 0 Å². The van der Waals surface area contributed by atoms with E-state index in [0.29, 0.717) is 13.2 Å². The van der Waals surface area contributed by atoms with Crippen molar-refractivity contribution in [2.45, 2.75) is 6.17 Å². The summed E-state index contributed by atoms with van der Waals surface area (Å²) in [6.07, 6.45) is -0.911. The zero-order chi connectivity index (χ0) is 7.82. The second kappa shape index (κ2) is 6.64. The summed E-state index contributed by atoms with van der Waals surface area (Å²) in [6.45, 7) is 4.33. The molecule has 0 aliphatic carbocycles. The number of halogens is 1. The van der Waals surface area contributed by atoms with Crippen LogP contribution in [0.4, 0.5) is 4.39 Å². The third kappa shape index (κ3) is 5.65. The van der Waals surface area contributed by atoms with E-state index in [1.807, 2.05) is 0 Å². The van der Waals surface area contributed by atoms with Gasteiger partial charge in [0.05, 0.1) is 6.54 Å². The van der Waals surface area contributed by atoms with Gasteiger partial charge in [0.1, 0.15) is 6.17 Å². The van der Waals surface area contributed by atoms with Gasteiger partial charge < -0.3 is 10.6 Å². The van der Waals surface area contributed by atoms with E-state index in [-0.39, 0.29) is 6.54 Å². The molecule has 0 fully saturated rings. The summed E-state index contributed by atoms with van der Waals surface area (Å²) >= 11 is 0. The summed E-state index contributed by atoms with van der Waals surface area (Å²) in [4.78, 5) is 3.43. The van der Waals surface area contributed by atoms with Crippen molar-refractivity contribution in [3.8, 4) is 0 Å². The Kier molecular flexibility index (Phi) is 6.32. The van der Waals surface area contributed by atoms with Crippen molar-refractivity contribution in [2.24, 2.45) is 4.99 Å². The van der Waals surface area contributed by atoms with Crippen LogP contribution in [0.5, 0.6) is 0 Å². The Labute approximate surface area is 60.7 Å². The number of nitrogens with zero attached hydrogens (tertiary/aromatic N) is 1. The first kappa shape index (κ1) is 9.52. The number of rotatable bonds is 6. The quantitative estimate of drug-likeness (QED) is 0.310. The van der Waals surface area contributed by atoms with Crippen LogP contribution < -0.4 is 10.6 Å². The highest BCUT2D eigenvalue weighted by Gasteiger charge is 2.01. The van der Waals surface area contributed by atoms with E-state index in [0.717, 1.165) is 0 Å². The van der Waals surface area contributed by atoms with Crippen LogP contribution in [0.15, 0.2) is 4.99 Å². The molecule has 0 bridgehead atoms. The van der Waals surface area contributed by atoms with Gasteiger partial charge in [0.25, 0.3) is 0 Å². The highest BCUT2D eigenvalue weighted by Crippen LogP contribution is 1.87. The molecule has 1 unspecified atom stereocenters. The SMILES string of the molecule is C=NCC(F)CNCNC. The molecule has 0 radical (unpaired) electrons. The Morgan fingerprint density at radius 1 is 1.70 bits per heavy atom. The molecule has 0 heterocycles. The second-order valence-corrected chi connectivity index (χ2v) is 1.99. The normalized spacial score (nSPS) is 13.0. The highest BCUT2D eigenvalue weighted by molar-refractivity contribution is 5.23. The number of hydrogen-bond donors (Lipinski definition) is 2. The highest BCUT2D eigenvalue weighted by atomic mass is 19.1. The first-order chi connectivity index (χ1) is 4.81. The van der Waals surface area contributed by atoms with Gasteiger partial charge >= 0.3 is 0 Å². The van der Waals surface area contributed by atoms with Gasteiger partial charge in [-0.2, -0.15) is 0 Å². The van der Waals surface area contributed by atoms with Gasteiger partial charge in [0, 0.05) is 13.2 Å². The van der Waals surface area contributed by atoms with Gasteiger partial charge in [-0.15, -0.1) is 0 Å². The van der Waals surface area contributed by atoms with Gasteiger partial charge in [-0.1, -0.05) is 0 Å². The number of aliphatic imine (C=N–C) groups is 1. The van der Waals surface area contributed by atoms with Gasteiger partial charge in [-0.05, 0) is 13.8 Å². The van der Waals surface area contributed by atoms with E-state index in [1.54, 1.807) is 7.05 Å². The molecule has 0 aliphatic heterocycles.